The third-order valence-corrected chi connectivity index (χ3v) is 5.60. The summed E-state index contributed by atoms with van der Waals surface area (Å²) in [5.74, 6) is -0.102. The Balaban J connectivity index is 1.52. The van der Waals surface area contributed by atoms with E-state index in [2.05, 4.69) is 33.4 Å². The fourth-order valence-corrected chi connectivity index (χ4v) is 3.87. The van der Waals surface area contributed by atoms with Crippen LogP contribution in [-0.4, -0.2) is 73.2 Å². The molecular formula is C21H27N5O2S. The molecule has 1 aliphatic heterocycles. The van der Waals surface area contributed by atoms with Gasteiger partial charge in [-0.25, -0.2) is 4.98 Å². The quantitative estimate of drug-likeness (QED) is 0.681. The molecule has 0 radical (unpaired) electrons. The Kier molecular flexibility index (Phi) is 8.14. The van der Waals surface area contributed by atoms with Crippen LogP contribution in [0.25, 0.3) is 11.3 Å². The number of nitrogens with zero attached hydrogens (tertiary/aromatic N) is 4. The molecule has 1 aromatic heterocycles. The summed E-state index contributed by atoms with van der Waals surface area (Å²) in [6.45, 7) is 7.86. The standard InChI is InChI=1S/C21H27N5O2S/c1-17-3-5-18(6-4-17)19-16-29-21(23-19)24-20(27)15-26(8-2-7-22)10-9-25-11-13-28-14-12-25/h3-6,16H,2,8-15H2,1H3,(H,23,24,27). The number of hydrogen-bond acceptors (Lipinski definition) is 7. The summed E-state index contributed by atoms with van der Waals surface area (Å²) < 4.78 is 5.37. The fraction of sp³-hybridized carbons (Fsp3) is 0.476. The minimum Gasteiger partial charge on any atom is -0.379 e. The second-order valence-electron chi connectivity index (χ2n) is 7.09. The van der Waals surface area contributed by atoms with E-state index in [0.717, 1.165) is 50.7 Å². The number of aromatic nitrogens is 1. The molecule has 2 heterocycles. The number of benzene rings is 1. The van der Waals surface area contributed by atoms with Crippen molar-refractivity contribution in [2.24, 2.45) is 0 Å². The highest BCUT2D eigenvalue weighted by atomic mass is 32.1. The largest absolute Gasteiger partial charge is 0.379 e. The first-order chi connectivity index (χ1) is 14.1. The van der Waals surface area contributed by atoms with Crippen LogP contribution in [0.2, 0.25) is 0 Å². The average Bonchev–Trinajstić information content (AvgIpc) is 3.19. The summed E-state index contributed by atoms with van der Waals surface area (Å²) in [7, 11) is 0. The zero-order chi connectivity index (χ0) is 20.5. The van der Waals surface area contributed by atoms with Crippen molar-refractivity contribution in [2.75, 3.05) is 57.8 Å². The third kappa shape index (κ3) is 6.91. The van der Waals surface area contributed by atoms with E-state index in [-0.39, 0.29) is 12.5 Å². The van der Waals surface area contributed by atoms with Crippen molar-refractivity contribution >= 4 is 22.4 Å². The Morgan fingerprint density at radius 1 is 1.31 bits per heavy atom. The Morgan fingerprint density at radius 2 is 2.07 bits per heavy atom. The van der Waals surface area contributed by atoms with E-state index in [1.165, 1.54) is 16.9 Å². The maximum atomic E-state index is 12.5. The zero-order valence-corrected chi connectivity index (χ0v) is 17.6. The molecule has 3 rings (SSSR count). The zero-order valence-electron chi connectivity index (χ0n) is 16.8. The smallest absolute Gasteiger partial charge is 0.240 e. The van der Waals surface area contributed by atoms with E-state index in [1.807, 2.05) is 29.3 Å². The van der Waals surface area contributed by atoms with E-state index in [0.29, 0.717) is 18.1 Å². The molecule has 2 aromatic rings. The number of thiazole rings is 1. The second kappa shape index (κ2) is 11.0. The van der Waals surface area contributed by atoms with Gasteiger partial charge in [0.1, 0.15) is 0 Å². The molecule has 0 unspecified atom stereocenters. The predicted molar refractivity (Wildman–Crippen MR) is 115 cm³/mol. The number of morpholine rings is 1. The summed E-state index contributed by atoms with van der Waals surface area (Å²) in [6, 6.07) is 10.3. The molecule has 1 aromatic carbocycles. The highest BCUT2D eigenvalue weighted by Gasteiger charge is 2.16. The van der Waals surface area contributed by atoms with Crippen LogP contribution in [0.15, 0.2) is 29.6 Å². The van der Waals surface area contributed by atoms with Gasteiger partial charge < -0.3 is 10.1 Å². The number of anilines is 1. The number of amides is 1. The van der Waals surface area contributed by atoms with Gasteiger partial charge >= 0.3 is 0 Å². The fourth-order valence-electron chi connectivity index (χ4n) is 3.14. The van der Waals surface area contributed by atoms with Crippen LogP contribution in [0.4, 0.5) is 5.13 Å². The normalized spacial score (nSPS) is 14.7. The number of ether oxygens (including phenoxy) is 1. The third-order valence-electron chi connectivity index (χ3n) is 4.84. The van der Waals surface area contributed by atoms with Crippen LogP contribution < -0.4 is 5.32 Å². The highest BCUT2D eigenvalue weighted by Crippen LogP contribution is 2.25. The summed E-state index contributed by atoms with van der Waals surface area (Å²) in [5, 5.41) is 14.4. The van der Waals surface area contributed by atoms with Crippen molar-refractivity contribution < 1.29 is 9.53 Å². The lowest BCUT2D eigenvalue weighted by molar-refractivity contribution is -0.117. The minimum absolute atomic E-state index is 0.102. The lowest BCUT2D eigenvalue weighted by Gasteiger charge is -2.29. The van der Waals surface area contributed by atoms with Gasteiger partial charge in [0.15, 0.2) is 5.13 Å². The molecule has 0 spiro atoms. The van der Waals surface area contributed by atoms with Crippen molar-refractivity contribution in [1.82, 2.24) is 14.8 Å². The molecule has 0 aliphatic carbocycles. The molecule has 1 fully saturated rings. The van der Waals surface area contributed by atoms with Crippen LogP contribution in [0, 0.1) is 18.3 Å². The first kappa shape index (κ1) is 21.4. The average molecular weight is 414 g/mol. The molecule has 29 heavy (non-hydrogen) atoms. The van der Waals surface area contributed by atoms with Gasteiger partial charge in [-0.3, -0.25) is 14.6 Å². The van der Waals surface area contributed by atoms with Gasteiger partial charge in [-0.15, -0.1) is 11.3 Å². The van der Waals surface area contributed by atoms with E-state index < -0.39 is 0 Å². The van der Waals surface area contributed by atoms with Crippen LogP contribution in [0.3, 0.4) is 0 Å². The second-order valence-corrected chi connectivity index (χ2v) is 7.95. The van der Waals surface area contributed by atoms with Crippen LogP contribution >= 0.6 is 11.3 Å². The lowest BCUT2D eigenvalue weighted by Crippen LogP contribution is -2.43. The molecule has 1 aliphatic rings. The van der Waals surface area contributed by atoms with Gasteiger partial charge in [0.25, 0.3) is 0 Å². The van der Waals surface area contributed by atoms with Crippen molar-refractivity contribution in [3.63, 3.8) is 0 Å². The monoisotopic (exact) mass is 413 g/mol. The maximum Gasteiger partial charge on any atom is 0.240 e. The van der Waals surface area contributed by atoms with E-state index in [9.17, 15) is 4.79 Å². The van der Waals surface area contributed by atoms with Gasteiger partial charge in [-0.05, 0) is 6.92 Å². The van der Waals surface area contributed by atoms with Gasteiger partial charge in [0.05, 0.1) is 31.5 Å². The van der Waals surface area contributed by atoms with Crippen molar-refractivity contribution in [3.8, 4) is 17.3 Å². The van der Waals surface area contributed by atoms with Crippen LogP contribution in [0.5, 0.6) is 0 Å². The molecular weight excluding hydrogens is 386 g/mol. The number of carbonyl (C=O) groups excluding carboxylic acids is 1. The molecule has 0 saturated carbocycles. The Labute approximate surface area is 175 Å². The summed E-state index contributed by atoms with van der Waals surface area (Å²) in [5.41, 5.74) is 3.10. The molecule has 8 heteroatoms. The predicted octanol–water partition coefficient (Wildman–Crippen LogP) is 2.60. The molecule has 1 saturated heterocycles. The number of nitriles is 1. The van der Waals surface area contributed by atoms with Crippen molar-refractivity contribution in [2.45, 2.75) is 13.3 Å². The van der Waals surface area contributed by atoms with Gasteiger partial charge in [0, 0.05) is 50.1 Å². The number of carbonyl (C=O) groups is 1. The summed E-state index contributed by atoms with van der Waals surface area (Å²) in [6.07, 6.45) is 0.408. The lowest BCUT2D eigenvalue weighted by atomic mass is 10.1. The van der Waals surface area contributed by atoms with E-state index >= 15 is 0 Å². The molecule has 1 amide bonds. The molecule has 7 nitrogen and oxygen atoms in total. The highest BCUT2D eigenvalue weighted by molar-refractivity contribution is 7.14. The van der Waals surface area contributed by atoms with Gasteiger partial charge in [0.2, 0.25) is 5.91 Å². The van der Waals surface area contributed by atoms with E-state index in [1.54, 1.807) is 0 Å². The number of nitrogens with one attached hydrogen (secondary N) is 1. The minimum atomic E-state index is -0.102. The van der Waals surface area contributed by atoms with Crippen LogP contribution in [0.1, 0.15) is 12.0 Å². The topological polar surface area (TPSA) is 81.5 Å². The van der Waals surface area contributed by atoms with Gasteiger partial charge in [-0.1, -0.05) is 29.8 Å². The molecule has 154 valence electrons. The maximum absolute atomic E-state index is 12.5. The van der Waals surface area contributed by atoms with Gasteiger partial charge in [-0.2, -0.15) is 5.26 Å². The Hall–Kier alpha value is -2.31. The summed E-state index contributed by atoms with van der Waals surface area (Å²) >= 11 is 1.42. The molecule has 0 bridgehead atoms. The van der Waals surface area contributed by atoms with Crippen LogP contribution in [-0.2, 0) is 9.53 Å². The number of hydrogen-bond donors (Lipinski definition) is 1. The molecule has 0 atom stereocenters. The number of rotatable bonds is 9. The Bertz CT molecular complexity index is 824. The van der Waals surface area contributed by atoms with Crippen molar-refractivity contribution in [1.29, 1.82) is 5.26 Å². The SMILES string of the molecule is Cc1ccc(-c2csc(NC(=O)CN(CCC#N)CCN3CCOCC3)n2)cc1. The first-order valence-corrected chi connectivity index (χ1v) is 10.7. The van der Waals surface area contributed by atoms with E-state index in [4.69, 9.17) is 10.00 Å². The first-order valence-electron chi connectivity index (χ1n) is 9.86. The molecule has 1 N–H and O–H groups in total. The summed E-state index contributed by atoms with van der Waals surface area (Å²) in [4.78, 5) is 21.4. The van der Waals surface area contributed by atoms with Crippen molar-refractivity contribution in [3.05, 3.63) is 35.2 Å². The Morgan fingerprint density at radius 3 is 2.79 bits per heavy atom. The number of aryl methyl sites for hydroxylation is 1.